The van der Waals surface area contributed by atoms with E-state index in [0.717, 1.165) is 0 Å². The van der Waals surface area contributed by atoms with E-state index in [1.165, 1.54) is 31.5 Å². The molecule has 0 saturated heterocycles. The van der Waals surface area contributed by atoms with Gasteiger partial charge in [-0.15, -0.1) is 0 Å². The summed E-state index contributed by atoms with van der Waals surface area (Å²) in [5.74, 6) is -0.348. The fourth-order valence-corrected chi connectivity index (χ4v) is 3.77. The van der Waals surface area contributed by atoms with Gasteiger partial charge in [-0.1, -0.05) is 43.6 Å². The van der Waals surface area contributed by atoms with Gasteiger partial charge in [-0.25, -0.2) is 9.79 Å². The number of hydrogen-bond donors (Lipinski definition) is 3. The molecule has 0 saturated carbocycles. The monoisotopic (exact) mass is 569 g/mol. The summed E-state index contributed by atoms with van der Waals surface area (Å²) in [6.07, 6.45) is 1.52. The maximum Gasteiger partial charge on any atom is 0.338 e. The normalized spacial score (nSPS) is 16.1. The molecule has 0 radical (unpaired) electrons. The van der Waals surface area contributed by atoms with Gasteiger partial charge < -0.3 is 25.6 Å². The minimum Gasteiger partial charge on any atom is -0.478 e. The van der Waals surface area contributed by atoms with E-state index >= 15 is 0 Å². The fraction of sp³-hybridized carbons (Fsp3) is 0.259. The van der Waals surface area contributed by atoms with Crippen LogP contribution in [0, 0.1) is 16.0 Å². The topological polar surface area (TPSA) is 179 Å². The van der Waals surface area contributed by atoms with E-state index < -0.39 is 16.4 Å². The van der Waals surface area contributed by atoms with Crippen molar-refractivity contribution in [1.29, 1.82) is 0 Å². The second kappa shape index (κ2) is 12.5. The van der Waals surface area contributed by atoms with Crippen LogP contribution in [-0.2, 0) is 16.1 Å². The summed E-state index contributed by atoms with van der Waals surface area (Å²) in [6.45, 7) is 5.76. The van der Waals surface area contributed by atoms with E-state index in [0.29, 0.717) is 11.3 Å². The maximum atomic E-state index is 12.2. The molecule has 0 bridgehead atoms. The van der Waals surface area contributed by atoms with Crippen LogP contribution in [0.4, 0.5) is 11.4 Å². The van der Waals surface area contributed by atoms with Crippen molar-refractivity contribution in [3.8, 4) is 11.5 Å². The highest BCUT2D eigenvalue weighted by Crippen LogP contribution is 2.38. The molecule has 12 nitrogen and oxygen atoms in total. The average molecular weight is 570 g/mol. The van der Waals surface area contributed by atoms with E-state index in [1.54, 1.807) is 31.2 Å². The number of nitrogens with zero attached hydrogens (tertiary/aromatic N) is 3. The minimum absolute atomic E-state index is 0.0124. The van der Waals surface area contributed by atoms with Gasteiger partial charge in [-0.2, -0.15) is 0 Å². The van der Waals surface area contributed by atoms with Crippen LogP contribution in [0.15, 0.2) is 59.7 Å². The third kappa shape index (κ3) is 6.53. The van der Waals surface area contributed by atoms with E-state index in [9.17, 15) is 24.8 Å². The Morgan fingerprint density at radius 3 is 2.48 bits per heavy atom. The average Bonchev–Trinajstić information content (AvgIpc) is 3.23. The first kappa shape index (κ1) is 30.0. The van der Waals surface area contributed by atoms with Gasteiger partial charge in [0, 0.05) is 19.4 Å². The molecule has 1 aliphatic heterocycles. The quantitative estimate of drug-likeness (QED) is 0.194. The molecule has 40 heavy (non-hydrogen) atoms. The first-order valence-corrected chi connectivity index (χ1v) is 12.3. The SMILES string of the molecule is COCc1cnc(C2=NC(C)(C(C)C)C(=O)N2)c(C(=O)O)c1.Nc1c([N+](=O)[O-])ccc(Oc2ccccc2)c1Cl. The van der Waals surface area contributed by atoms with Gasteiger partial charge in [0.15, 0.2) is 5.84 Å². The molecular weight excluding hydrogens is 542 g/mol. The minimum atomic E-state index is -1.13. The van der Waals surface area contributed by atoms with E-state index in [-0.39, 0.29) is 57.7 Å². The number of amidine groups is 1. The molecule has 210 valence electrons. The number of carboxylic acid groups (broad SMARTS) is 1. The molecule has 13 heteroatoms. The molecule has 1 unspecified atom stereocenters. The molecule has 1 aliphatic rings. The molecule has 1 aromatic heterocycles. The third-order valence-electron chi connectivity index (χ3n) is 6.16. The van der Waals surface area contributed by atoms with Gasteiger partial charge in [-0.05, 0) is 42.7 Å². The zero-order valence-electron chi connectivity index (χ0n) is 22.2. The molecule has 3 aromatic rings. The predicted octanol–water partition coefficient (Wildman–Crippen LogP) is 4.84. The van der Waals surface area contributed by atoms with Crippen LogP contribution in [0.25, 0.3) is 0 Å². The lowest BCUT2D eigenvalue weighted by Crippen LogP contribution is -2.41. The van der Waals surface area contributed by atoms with Crippen LogP contribution in [0.1, 0.15) is 42.4 Å². The number of methoxy groups -OCH3 is 1. The Balaban J connectivity index is 0.000000225. The lowest BCUT2D eigenvalue weighted by molar-refractivity contribution is -0.383. The molecule has 0 fully saturated rings. The second-order valence-corrected chi connectivity index (χ2v) is 9.56. The van der Waals surface area contributed by atoms with Crippen molar-refractivity contribution in [2.24, 2.45) is 10.9 Å². The molecule has 4 rings (SSSR count). The molecular formula is C27H28ClN5O7. The van der Waals surface area contributed by atoms with Crippen LogP contribution in [-0.4, -0.2) is 45.4 Å². The van der Waals surface area contributed by atoms with Crippen LogP contribution >= 0.6 is 11.6 Å². The van der Waals surface area contributed by atoms with Crippen molar-refractivity contribution in [1.82, 2.24) is 10.3 Å². The molecule has 4 N–H and O–H groups in total. The van der Waals surface area contributed by atoms with Gasteiger partial charge in [0.2, 0.25) is 0 Å². The Labute approximate surface area is 235 Å². The summed E-state index contributed by atoms with van der Waals surface area (Å²) in [5.41, 5.74) is 5.11. The number of hydrogen-bond acceptors (Lipinski definition) is 9. The number of nitrogen functional groups attached to an aromatic ring is 1. The lowest BCUT2D eigenvalue weighted by atomic mass is 9.89. The van der Waals surface area contributed by atoms with Crippen molar-refractivity contribution in [2.45, 2.75) is 32.9 Å². The Kier molecular flexibility index (Phi) is 9.40. The zero-order valence-corrected chi connectivity index (χ0v) is 22.9. The molecule has 2 heterocycles. The van der Waals surface area contributed by atoms with Gasteiger partial charge in [0.25, 0.3) is 11.6 Å². The number of ether oxygens (including phenoxy) is 2. The molecule has 0 aliphatic carbocycles. The number of anilines is 1. The number of aromatic nitrogens is 1. The number of nitrogens with one attached hydrogen (secondary N) is 1. The van der Waals surface area contributed by atoms with Crippen LogP contribution in [0.3, 0.4) is 0 Å². The highest BCUT2D eigenvalue weighted by molar-refractivity contribution is 6.35. The van der Waals surface area contributed by atoms with Crippen molar-refractivity contribution < 1.29 is 29.1 Å². The zero-order chi connectivity index (χ0) is 29.6. The predicted molar refractivity (Wildman–Crippen MR) is 149 cm³/mol. The number of carbonyl (C=O) groups is 2. The number of nitrogens with two attached hydrogens (primary N) is 1. The highest BCUT2D eigenvalue weighted by atomic mass is 35.5. The number of carbonyl (C=O) groups excluding carboxylic acids is 1. The van der Waals surface area contributed by atoms with Crippen LogP contribution in [0.5, 0.6) is 11.5 Å². The van der Waals surface area contributed by atoms with Gasteiger partial charge in [0.1, 0.15) is 33.4 Å². The van der Waals surface area contributed by atoms with E-state index in [2.05, 4.69) is 15.3 Å². The lowest BCUT2D eigenvalue weighted by Gasteiger charge is -2.21. The number of aliphatic imine (C=N–C) groups is 1. The number of benzene rings is 2. The fourth-order valence-electron chi connectivity index (χ4n) is 3.57. The van der Waals surface area contributed by atoms with E-state index in [1.807, 2.05) is 19.9 Å². The highest BCUT2D eigenvalue weighted by Gasteiger charge is 2.43. The summed E-state index contributed by atoms with van der Waals surface area (Å²) >= 11 is 5.94. The third-order valence-corrected chi connectivity index (χ3v) is 6.55. The summed E-state index contributed by atoms with van der Waals surface area (Å²) in [7, 11) is 1.52. The number of nitro benzene ring substituents is 1. The van der Waals surface area contributed by atoms with Crippen molar-refractivity contribution in [3.05, 3.63) is 86.7 Å². The number of amides is 1. The first-order chi connectivity index (χ1) is 18.9. The van der Waals surface area contributed by atoms with Crippen molar-refractivity contribution >= 4 is 40.7 Å². The number of pyridine rings is 1. The second-order valence-electron chi connectivity index (χ2n) is 9.18. The Morgan fingerprint density at radius 2 is 1.93 bits per heavy atom. The van der Waals surface area contributed by atoms with Crippen LogP contribution in [0.2, 0.25) is 5.02 Å². The van der Waals surface area contributed by atoms with E-state index in [4.69, 9.17) is 26.8 Å². The van der Waals surface area contributed by atoms with Gasteiger partial charge >= 0.3 is 5.97 Å². The number of nitro groups is 1. The molecule has 0 spiro atoms. The number of carboxylic acids is 1. The Morgan fingerprint density at radius 1 is 1.25 bits per heavy atom. The Hall–Kier alpha value is -4.55. The number of rotatable bonds is 8. The standard InChI is InChI=1S/C15H19N3O4.C12H9ClN2O3/c1-8(2)15(3)14(21)17-12(18-15)11-10(13(19)20)5-9(6-16-11)7-22-4;13-11-10(18-8-4-2-1-3-5-8)7-6-9(12(11)14)15(16)17/h5-6,8H,7H2,1-4H3,(H,19,20)(H,17,18,21);1-7H,14H2. The molecule has 2 aromatic carbocycles. The molecule has 1 amide bonds. The van der Waals surface area contributed by atoms with Gasteiger partial charge in [-0.3, -0.25) is 19.9 Å². The Bertz CT molecular complexity index is 1460. The van der Waals surface area contributed by atoms with Gasteiger partial charge in [0.05, 0.1) is 17.1 Å². The largest absolute Gasteiger partial charge is 0.478 e. The summed E-state index contributed by atoms with van der Waals surface area (Å²) in [6, 6.07) is 13.1. The van der Waals surface area contributed by atoms with Crippen molar-refractivity contribution in [2.75, 3.05) is 12.8 Å². The number of halogens is 1. The maximum absolute atomic E-state index is 12.2. The summed E-state index contributed by atoms with van der Waals surface area (Å²) in [4.78, 5) is 42.2. The summed E-state index contributed by atoms with van der Waals surface area (Å²) in [5, 5.41) is 22.7. The number of para-hydroxylation sites is 1. The number of aromatic carboxylic acids is 1. The summed E-state index contributed by atoms with van der Waals surface area (Å²) < 4.78 is 10.5. The molecule has 1 atom stereocenters. The first-order valence-electron chi connectivity index (χ1n) is 12.0. The van der Waals surface area contributed by atoms with Crippen LogP contribution < -0.4 is 15.8 Å². The van der Waals surface area contributed by atoms with Crippen molar-refractivity contribution in [3.63, 3.8) is 0 Å². The smallest absolute Gasteiger partial charge is 0.338 e.